The summed E-state index contributed by atoms with van der Waals surface area (Å²) in [5.74, 6) is -1.27. The number of aliphatic hydroxyl groups excluding tert-OH is 1. The van der Waals surface area contributed by atoms with Gasteiger partial charge in [0.25, 0.3) is 0 Å². The van der Waals surface area contributed by atoms with Crippen LogP contribution in [0, 0.1) is 6.92 Å². The molecule has 3 heteroatoms. The molecule has 1 aromatic carbocycles. The van der Waals surface area contributed by atoms with Crippen LogP contribution in [0.5, 0.6) is 0 Å². The number of aryl methyl sites for hydroxylation is 1. The number of benzene rings is 1. The summed E-state index contributed by atoms with van der Waals surface area (Å²) in [6.45, 7) is 1.74. The van der Waals surface area contributed by atoms with Gasteiger partial charge in [0.2, 0.25) is 5.78 Å². The third-order valence-corrected chi connectivity index (χ3v) is 2.27. The van der Waals surface area contributed by atoms with Crippen molar-refractivity contribution in [2.45, 2.75) is 6.92 Å². The summed E-state index contributed by atoms with van der Waals surface area (Å²) in [4.78, 5) is 22.9. The van der Waals surface area contributed by atoms with Crippen molar-refractivity contribution in [2.75, 3.05) is 0 Å². The number of fused-ring (bicyclic) bond motifs is 1. The van der Waals surface area contributed by atoms with E-state index in [0.29, 0.717) is 16.7 Å². The van der Waals surface area contributed by atoms with Gasteiger partial charge in [0, 0.05) is 17.2 Å². The Bertz CT molecular complexity index is 469. The van der Waals surface area contributed by atoms with Gasteiger partial charge in [-0.15, -0.1) is 0 Å². The number of rotatable bonds is 0. The van der Waals surface area contributed by atoms with Crippen molar-refractivity contribution in [3.05, 3.63) is 46.7 Å². The highest BCUT2D eigenvalue weighted by atomic mass is 16.3. The molecular formula is C11H8O3. The second kappa shape index (κ2) is 2.80. The van der Waals surface area contributed by atoms with Gasteiger partial charge in [-0.25, -0.2) is 0 Å². The van der Waals surface area contributed by atoms with E-state index in [-0.39, 0.29) is 5.78 Å². The number of Topliss-reactive ketones (excluding diaryl/α,β-unsaturated/α-hetero) is 1. The standard InChI is InChI=1S/C11H8O3/c1-6-3-2-4-7-8(12)5-9(13)11(14)10(6)7/h2-5,13H,1H3. The maximum absolute atomic E-state index is 11.5. The van der Waals surface area contributed by atoms with Crippen LogP contribution in [0.3, 0.4) is 0 Å². The normalized spacial score (nSPS) is 15.1. The molecule has 3 nitrogen and oxygen atoms in total. The summed E-state index contributed by atoms with van der Waals surface area (Å²) >= 11 is 0. The number of allylic oxidation sites excluding steroid dienone is 2. The highest BCUT2D eigenvalue weighted by molar-refractivity contribution is 6.24. The van der Waals surface area contributed by atoms with Gasteiger partial charge in [0.1, 0.15) is 0 Å². The van der Waals surface area contributed by atoms with Gasteiger partial charge < -0.3 is 5.11 Å². The zero-order valence-electron chi connectivity index (χ0n) is 7.57. The second-order valence-electron chi connectivity index (χ2n) is 3.22. The maximum atomic E-state index is 11.5. The van der Waals surface area contributed by atoms with Crippen molar-refractivity contribution >= 4 is 11.6 Å². The van der Waals surface area contributed by atoms with Crippen LogP contribution >= 0.6 is 0 Å². The summed E-state index contributed by atoms with van der Waals surface area (Å²) in [6, 6.07) is 5.05. The first-order valence-electron chi connectivity index (χ1n) is 4.20. The zero-order chi connectivity index (χ0) is 10.3. The Labute approximate surface area is 80.7 Å². The van der Waals surface area contributed by atoms with Crippen LogP contribution in [0.15, 0.2) is 30.0 Å². The van der Waals surface area contributed by atoms with Crippen LogP contribution < -0.4 is 0 Å². The van der Waals surface area contributed by atoms with Gasteiger partial charge in [-0.05, 0) is 12.5 Å². The quantitative estimate of drug-likeness (QED) is 0.675. The number of carbonyl (C=O) groups excluding carboxylic acids is 2. The largest absolute Gasteiger partial charge is 0.504 e. The summed E-state index contributed by atoms with van der Waals surface area (Å²) in [5.41, 5.74) is 1.39. The molecule has 70 valence electrons. The molecule has 0 heterocycles. The van der Waals surface area contributed by atoms with E-state index in [1.807, 2.05) is 0 Å². The number of aliphatic hydroxyl groups is 1. The molecule has 0 saturated heterocycles. The second-order valence-corrected chi connectivity index (χ2v) is 3.22. The molecule has 0 aromatic heterocycles. The van der Waals surface area contributed by atoms with Crippen molar-refractivity contribution < 1.29 is 14.7 Å². The van der Waals surface area contributed by atoms with Gasteiger partial charge in [-0.2, -0.15) is 0 Å². The molecule has 0 amide bonds. The van der Waals surface area contributed by atoms with Crippen molar-refractivity contribution in [3.63, 3.8) is 0 Å². The predicted octanol–water partition coefficient (Wildman–Crippen LogP) is 1.82. The minimum atomic E-state index is -0.475. The average molecular weight is 188 g/mol. The molecule has 0 saturated carbocycles. The van der Waals surface area contributed by atoms with E-state index in [9.17, 15) is 14.7 Å². The van der Waals surface area contributed by atoms with Crippen LogP contribution in [0.2, 0.25) is 0 Å². The number of carbonyl (C=O) groups is 2. The third kappa shape index (κ3) is 1.06. The van der Waals surface area contributed by atoms with Gasteiger partial charge >= 0.3 is 0 Å². The van der Waals surface area contributed by atoms with Gasteiger partial charge in [-0.3, -0.25) is 9.59 Å². The molecule has 0 spiro atoms. The number of ketones is 2. The molecule has 14 heavy (non-hydrogen) atoms. The Morgan fingerprint density at radius 3 is 2.64 bits per heavy atom. The molecule has 0 fully saturated rings. The highest BCUT2D eigenvalue weighted by Gasteiger charge is 2.26. The smallest absolute Gasteiger partial charge is 0.228 e. The van der Waals surface area contributed by atoms with Crippen LogP contribution in [0.25, 0.3) is 0 Å². The fourth-order valence-corrected chi connectivity index (χ4v) is 1.57. The third-order valence-electron chi connectivity index (χ3n) is 2.27. The highest BCUT2D eigenvalue weighted by Crippen LogP contribution is 2.22. The van der Waals surface area contributed by atoms with Crippen molar-refractivity contribution in [1.82, 2.24) is 0 Å². The van der Waals surface area contributed by atoms with Gasteiger partial charge in [0.05, 0.1) is 0 Å². The lowest BCUT2D eigenvalue weighted by Gasteiger charge is -2.13. The molecule has 0 radical (unpaired) electrons. The molecule has 0 bridgehead atoms. The molecule has 1 aliphatic rings. The monoisotopic (exact) mass is 188 g/mol. The maximum Gasteiger partial charge on any atom is 0.228 e. The topological polar surface area (TPSA) is 54.4 Å². The Balaban J connectivity index is 2.76. The Morgan fingerprint density at radius 1 is 1.21 bits per heavy atom. The summed E-state index contributed by atoms with van der Waals surface area (Å²) < 4.78 is 0. The Hall–Kier alpha value is -1.90. The molecule has 1 aromatic rings. The van der Waals surface area contributed by atoms with Crippen LogP contribution in [0.4, 0.5) is 0 Å². The van der Waals surface area contributed by atoms with Crippen LogP contribution in [-0.2, 0) is 0 Å². The van der Waals surface area contributed by atoms with E-state index in [2.05, 4.69) is 0 Å². The first-order valence-corrected chi connectivity index (χ1v) is 4.20. The lowest BCUT2D eigenvalue weighted by atomic mass is 9.90. The minimum Gasteiger partial charge on any atom is -0.504 e. The average Bonchev–Trinajstić information content (AvgIpc) is 2.14. The lowest BCUT2D eigenvalue weighted by molar-refractivity contribution is 0.0939. The van der Waals surface area contributed by atoms with E-state index in [4.69, 9.17) is 0 Å². The fraction of sp³-hybridized carbons (Fsp3) is 0.0909. The van der Waals surface area contributed by atoms with Crippen molar-refractivity contribution in [2.24, 2.45) is 0 Å². The van der Waals surface area contributed by atoms with Crippen LogP contribution in [0.1, 0.15) is 26.3 Å². The predicted molar refractivity (Wildman–Crippen MR) is 50.6 cm³/mol. The summed E-state index contributed by atoms with van der Waals surface area (Å²) in [7, 11) is 0. The Kier molecular flexibility index (Phi) is 1.74. The number of hydrogen-bond acceptors (Lipinski definition) is 3. The Morgan fingerprint density at radius 2 is 1.93 bits per heavy atom. The fourth-order valence-electron chi connectivity index (χ4n) is 1.57. The molecular weight excluding hydrogens is 180 g/mol. The summed E-state index contributed by atoms with van der Waals surface area (Å²) in [6.07, 6.45) is 0.962. The van der Waals surface area contributed by atoms with Gasteiger partial charge in [0.15, 0.2) is 11.5 Å². The van der Waals surface area contributed by atoms with Crippen LogP contribution in [-0.4, -0.2) is 16.7 Å². The number of hydrogen-bond donors (Lipinski definition) is 1. The van der Waals surface area contributed by atoms with E-state index in [1.54, 1.807) is 25.1 Å². The zero-order valence-corrected chi connectivity index (χ0v) is 7.57. The summed E-state index contributed by atoms with van der Waals surface area (Å²) in [5, 5.41) is 9.21. The van der Waals surface area contributed by atoms with E-state index in [1.165, 1.54) is 0 Å². The molecule has 2 rings (SSSR count). The molecule has 0 atom stereocenters. The van der Waals surface area contributed by atoms with E-state index < -0.39 is 11.5 Å². The van der Waals surface area contributed by atoms with Gasteiger partial charge in [-0.1, -0.05) is 18.2 Å². The SMILES string of the molecule is Cc1cccc2c1C(=O)C(O)=CC2=O. The van der Waals surface area contributed by atoms with E-state index >= 15 is 0 Å². The molecule has 0 aliphatic heterocycles. The molecule has 1 aliphatic carbocycles. The first kappa shape index (κ1) is 8.69. The van der Waals surface area contributed by atoms with E-state index in [0.717, 1.165) is 6.08 Å². The van der Waals surface area contributed by atoms with Crippen molar-refractivity contribution in [1.29, 1.82) is 0 Å². The minimum absolute atomic E-state index is 0.317. The first-order chi connectivity index (χ1) is 6.61. The van der Waals surface area contributed by atoms with Crippen molar-refractivity contribution in [3.8, 4) is 0 Å². The molecule has 0 unspecified atom stereocenters. The molecule has 1 N–H and O–H groups in total. The lowest BCUT2D eigenvalue weighted by Crippen LogP contribution is -2.17.